The number of amides is 1. The Morgan fingerprint density at radius 1 is 1.11 bits per heavy atom. The quantitative estimate of drug-likeness (QED) is 0.427. The van der Waals surface area contributed by atoms with Crippen molar-refractivity contribution in [1.82, 2.24) is 4.90 Å². The summed E-state index contributed by atoms with van der Waals surface area (Å²) in [6.45, 7) is 0.532. The minimum Gasteiger partial charge on any atom is -0.493 e. The third-order valence-electron chi connectivity index (χ3n) is 5.52. The summed E-state index contributed by atoms with van der Waals surface area (Å²) in [7, 11) is 2.37. The van der Waals surface area contributed by atoms with Gasteiger partial charge in [0.15, 0.2) is 16.7 Å². The van der Waals surface area contributed by atoms with Crippen LogP contribution < -0.4 is 9.47 Å². The van der Waals surface area contributed by atoms with Crippen molar-refractivity contribution in [1.29, 1.82) is 0 Å². The molecule has 1 N–H and O–H groups in total. The van der Waals surface area contributed by atoms with E-state index in [-0.39, 0.29) is 30.2 Å². The van der Waals surface area contributed by atoms with Crippen molar-refractivity contribution in [3.63, 3.8) is 0 Å². The molecule has 2 aliphatic rings. The monoisotopic (exact) mass is 536 g/mol. The first-order chi connectivity index (χ1) is 17.5. The van der Waals surface area contributed by atoms with Gasteiger partial charge in [-0.25, -0.2) is 4.79 Å². The highest BCUT2D eigenvalue weighted by atomic mass is 32.2. The van der Waals surface area contributed by atoms with Gasteiger partial charge in [0.1, 0.15) is 5.75 Å². The van der Waals surface area contributed by atoms with Crippen LogP contribution in [0.2, 0.25) is 0 Å². The van der Waals surface area contributed by atoms with E-state index in [1.54, 1.807) is 4.90 Å². The normalized spacial score (nSPS) is 16.9. The van der Waals surface area contributed by atoms with Gasteiger partial charge in [0.2, 0.25) is 0 Å². The van der Waals surface area contributed by atoms with Gasteiger partial charge in [-0.1, -0.05) is 6.07 Å². The number of ether oxygens (including phenoxy) is 3. The highest BCUT2D eigenvalue weighted by Gasteiger charge is 2.38. The van der Waals surface area contributed by atoms with Gasteiger partial charge in [-0.2, -0.15) is 18.2 Å². The highest BCUT2D eigenvalue weighted by Crippen LogP contribution is 2.41. The average Bonchev–Trinajstić information content (AvgIpc) is 3.16. The SMILES string of the molecule is COC(=O)c1ccc(Oc2ccc(C=C3SC(N4CC(C(=O)O)C4)=NC3=O)cc2OC)c(C(F)(F)F)c1. The van der Waals surface area contributed by atoms with Gasteiger partial charge in [-0.3, -0.25) is 9.59 Å². The molecule has 0 unspecified atom stereocenters. The van der Waals surface area contributed by atoms with Crippen molar-refractivity contribution in [3.8, 4) is 17.2 Å². The molecule has 0 bridgehead atoms. The number of halogens is 3. The first-order valence-electron chi connectivity index (χ1n) is 10.7. The molecule has 1 fully saturated rings. The van der Waals surface area contributed by atoms with Gasteiger partial charge in [-0.15, -0.1) is 0 Å². The van der Waals surface area contributed by atoms with Crippen LogP contribution in [0.5, 0.6) is 17.2 Å². The third kappa shape index (κ3) is 5.56. The van der Waals surface area contributed by atoms with Gasteiger partial charge in [0.05, 0.1) is 36.2 Å². The number of carboxylic acids is 1. The van der Waals surface area contributed by atoms with E-state index in [2.05, 4.69) is 9.73 Å². The van der Waals surface area contributed by atoms with E-state index in [0.29, 0.717) is 21.7 Å². The van der Waals surface area contributed by atoms with Crippen LogP contribution >= 0.6 is 11.8 Å². The molecule has 37 heavy (non-hydrogen) atoms. The second-order valence-corrected chi connectivity index (χ2v) is 8.97. The molecule has 0 atom stereocenters. The smallest absolute Gasteiger partial charge is 0.420 e. The minimum atomic E-state index is -4.81. The molecule has 2 aromatic rings. The van der Waals surface area contributed by atoms with Crippen LogP contribution in [0.1, 0.15) is 21.5 Å². The Morgan fingerprint density at radius 3 is 2.43 bits per heavy atom. The summed E-state index contributed by atoms with van der Waals surface area (Å²) in [5.74, 6) is -3.28. The number of carbonyl (C=O) groups excluding carboxylic acids is 2. The Hall–Kier alpha value is -4.00. The zero-order valence-corrected chi connectivity index (χ0v) is 20.2. The summed E-state index contributed by atoms with van der Waals surface area (Å²) in [5.41, 5.74) is -0.953. The molecule has 0 aliphatic carbocycles. The van der Waals surface area contributed by atoms with Crippen molar-refractivity contribution < 1.29 is 46.9 Å². The molecule has 194 valence electrons. The number of methoxy groups -OCH3 is 2. The number of alkyl halides is 3. The maximum Gasteiger partial charge on any atom is 0.420 e. The molecule has 1 saturated heterocycles. The van der Waals surface area contributed by atoms with Crippen LogP contribution in [0.15, 0.2) is 46.3 Å². The molecule has 2 aromatic carbocycles. The number of aliphatic carboxylic acids is 1. The van der Waals surface area contributed by atoms with Crippen molar-refractivity contribution in [2.75, 3.05) is 27.3 Å². The Bertz CT molecular complexity index is 1330. The number of carboxylic acid groups (broad SMARTS) is 1. The van der Waals surface area contributed by atoms with E-state index in [1.807, 2.05) is 0 Å². The Morgan fingerprint density at radius 2 is 1.81 bits per heavy atom. The fourth-order valence-electron chi connectivity index (χ4n) is 3.54. The van der Waals surface area contributed by atoms with Crippen molar-refractivity contribution in [3.05, 3.63) is 58.0 Å². The standard InChI is InChI=1S/C24H19F3N2O7S/c1-34-18-7-12(8-19-20(30)28-23(37-19)29-10-14(11-29)21(31)32)3-5-17(18)36-16-6-4-13(22(33)35-2)9-15(16)24(25,26)27/h3-9,14H,10-11H2,1-2H3,(H,31,32). The first kappa shape index (κ1) is 26.1. The fraction of sp³-hybridized carbons (Fsp3) is 0.250. The van der Waals surface area contributed by atoms with Gasteiger partial charge in [0, 0.05) is 13.1 Å². The van der Waals surface area contributed by atoms with Crippen molar-refractivity contribution >= 4 is 40.9 Å². The maximum atomic E-state index is 13.6. The summed E-state index contributed by atoms with van der Waals surface area (Å²) in [4.78, 5) is 40.9. The van der Waals surface area contributed by atoms with Gasteiger partial charge in [-0.05, 0) is 53.7 Å². The molecule has 0 spiro atoms. The molecular weight excluding hydrogens is 517 g/mol. The molecule has 0 aromatic heterocycles. The van der Waals surface area contributed by atoms with E-state index in [0.717, 1.165) is 31.0 Å². The van der Waals surface area contributed by atoms with Crippen molar-refractivity contribution in [2.24, 2.45) is 10.9 Å². The second-order valence-electron chi connectivity index (χ2n) is 7.96. The fourth-order valence-corrected chi connectivity index (χ4v) is 4.47. The van der Waals surface area contributed by atoms with Crippen LogP contribution in [0.4, 0.5) is 13.2 Å². The van der Waals surface area contributed by atoms with Crippen LogP contribution in [0.25, 0.3) is 6.08 Å². The molecule has 4 rings (SSSR count). The number of rotatable bonds is 6. The number of likely N-dealkylation sites (tertiary alicyclic amines) is 1. The van der Waals surface area contributed by atoms with E-state index < -0.39 is 41.3 Å². The zero-order valence-electron chi connectivity index (χ0n) is 19.4. The lowest BCUT2D eigenvalue weighted by Crippen LogP contribution is -2.51. The van der Waals surface area contributed by atoms with Gasteiger partial charge >= 0.3 is 18.1 Å². The number of benzene rings is 2. The summed E-state index contributed by atoms with van der Waals surface area (Å²) in [6.07, 6.45) is -3.27. The lowest BCUT2D eigenvalue weighted by Gasteiger charge is -2.37. The summed E-state index contributed by atoms with van der Waals surface area (Å²) >= 11 is 1.10. The van der Waals surface area contributed by atoms with Crippen molar-refractivity contribution in [2.45, 2.75) is 6.18 Å². The lowest BCUT2D eigenvalue weighted by molar-refractivity contribution is -0.145. The van der Waals surface area contributed by atoms with Crippen LogP contribution in [-0.4, -0.2) is 60.3 Å². The molecule has 1 amide bonds. The van der Waals surface area contributed by atoms with Crippen LogP contribution in [-0.2, 0) is 20.5 Å². The van der Waals surface area contributed by atoms with E-state index in [1.165, 1.54) is 31.4 Å². The molecule has 2 aliphatic heterocycles. The third-order valence-corrected chi connectivity index (χ3v) is 6.57. The summed E-state index contributed by atoms with van der Waals surface area (Å²) < 4.78 is 56.2. The molecule has 0 saturated carbocycles. The number of thioether (sulfide) groups is 1. The summed E-state index contributed by atoms with van der Waals surface area (Å²) in [5, 5.41) is 9.42. The van der Waals surface area contributed by atoms with E-state index >= 15 is 0 Å². The molecular formula is C24H19F3N2O7S. The lowest BCUT2D eigenvalue weighted by atomic mass is 10.0. The van der Waals surface area contributed by atoms with E-state index in [9.17, 15) is 27.6 Å². The minimum absolute atomic E-state index is 0.0244. The van der Waals surface area contributed by atoms with E-state index in [4.69, 9.17) is 14.6 Å². The molecule has 0 radical (unpaired) electrons. The van der Waals surface area contributed by atoms with Gasteiger partial charge in [0.25, 0.3) is 5.91 Å². The first-order valence-corrected chi connectivity index (χ1v) is 11.5. The number of amidine groups is 1. The topological polar surface area (TPSA) is 115 Å². The zero-order chi connectivity index (χ0) is 26.9. The number of hydrogen-bond acceptors (Lipinski definition) is 8. The Balaban J connectivity index is 1.54. The Kier molecular flexibility index (Phi) is 7.16. The molecule has 13 heteroatoms. The number of hydrogen-bond donors (Lipinski definition) is 1. The average molecular weight is 536 g/mol. The predicted molar refractivity (Wildman–Crippen MR) is 127 cm³/mol. The van der Waals surface area contributed by atoms with Crippen LogP contribution in [0, 0.1) is 5.92 Å². The highest BCUT2D eigenvalue weighted by molar-refractivity contribution is 8.18. The number of carbonyl (C=O) groups is 3. The van der Waals surface area contributed by atoms with Gasteiger partial charge < -0.3 is 24.2 Å². The largest absolute Gasteiger partial charge is 0.493 e. The summed E-state index contributed by atoms with van der Waals surface area (Å²) in [6, 6.07) is 7.20. The number of aliphatic imine (C=N–C) groups is 1. The predicted octanol–water partition coefficient (Wildman–Crippen LogP) is 4.28. The van der Waals surface area contributed by atoms with Crippen LogP contribution in [0.3, 0.4) is 0 Å². The maximum absolute atomic E-state index is 13.6. The number of nitrogens with zero attached hydrogens (tertiary/aromatic N) is 2. The molecule has 9 nitrogen and oxygen atoms in total. The molecule has 2 heterocycles. The number of esters is 1. The second kappa shape index (κ2) is 10.2. The Labute approximate surface area is 212 Å².